The molecule has 0 radical (unpaired) electrons. The molecule has 0 bridgehead atoms. The highest BCUT2D eigenvalue weighted by Crippen LogP contribution is 2.43. The summed E-state index contributed by atoms with van der Waals surface area (Å²) in [7, 11) is 3.28. The van der Waals surface area contributed by atoms with Crippen LogP contribution in [-0.4, -0.2) is 20.8 Å². The molecule has 3 aromatic rings. The van der Waals surface area contributed by atoms with Crippen LogP contribution in [0, 0.1) is 0 Å². The number of ether oxygens (including phenoxy) is 3. The smallest absolute Gasteiger partial charge is 0.162 e. The molecule has 6 heteroatoms. The van der Waals surface area contributed by atoms with E-state index in [4.69, 9.17) is 37.4 Å². The van der Waals surface area contributed by atoms with Crippen LogP contribution in [0.4, 0.5) is 0 Å². The van der Waals surface area contributed by atoms with Crippen LogP contribution in [-0.2, 0) is 13.0 Å². The minimum atomic E-state index is -0.120. The average molecular weight is 444 g/mol. The SMILES string of the molecule is COc1cc2c(cc1OCc1ccccc1)C(c1cc(Cl)cc(Cl)c1OC)NCC2. The first-order chi connectivity index (χ1) is 14.6. The third kappa shape index (κ3) is 4.22. The van der Waals surface area contributed by atoms with Crippen LogP contribution in [0.5, 0.6) is 17.2 Å². The zero-order chi connectivity index (χ0) is 21.1. The molecule has 4 nitrogen and oxygen atoms in total. The average Bonchev–Trinajstić information content (AvgIpc) is 2.76. The summed E-state index contributed by atoms with van der Waals surface area (Å²) < 4.78 is 17.3. The molecule has 1 N–H and O–H groups in total. The number of rotatable bonds is 6. The fourth-order valence-electron chi connectivity index (χ4n) is 3.86. The lowest BCUT2D eigenvalue weighted by atomic mass is 9.89. The molecule has 3 aromatic carbocycles. The maximum atomic E-state index is 6.40. The summed E-state index contributed by atoms with van der Waals surface area (Å²) in [4.78, 5) is 0. The molecule has 0 saturated heterocycles. The van der Waals surface area contributed by atoms with Crippen molar-refractivity contribution in [3.05, 3.63) is 86.9 Å². The Labute approximate surface area is 186 Å². The van der Waals surface area contributed by atoms with E-state index in [-0.39, 0.29) is 6.04 Å². The van der Waals surface area contributed by atoms with Gasteiger partial charge in [0.1, 0.15) is 12.4 Å². The van der Waals surface area contributed by atoms with Crippen molar-refractivity contribution in [2.45, 2.75) is 19.1 Å². The van der Waals surface area contributed by atoms with E-state index in [1.54, 1.807) is 20.3 Å². The first-order valence-electron chi connectivity index (χ1n) is 9.74. The summed E-state index contributed by atoms with van der Waals surface area (Å²) in [6, 6.07) is 17.6. The van der Waals surface area contributed by atoms with Crippen LogP contribution in [0.15, 0.2) is 54.6 Å². The number of nitrogens with one attached hydrogen (secondary N) is 1. The van der Waals surface area contributed by atoms with Gasteiger partial charge in [0.15, 0.2) is 11.5 Å². The largest absolute Gasteiger partial charge is 0.495 e. The number of benzene rings is 3. The van der Waals surface area contributed by atoms with E-state index in [9.17, 15) is 0 Å². The predicted octanol–water partition coefficient (Wildman–Crippen LogP) is 5.82. The maximum Gasteiger partial charge on any atom is 0.162 e. The summed E-state index contributed by atoms with van der Waals surface area (Å²) in [5.41, 5.74) is 4.29. The normalized spacial score (nSPS) is 15.4. The minimum Gasteiger partial charge on any atom is -0.495 e. The summed E-state index contributed by atoms with van der Waals surface area (Å²) in [5, 5.41) is 4.62. The van der Waals surface area contributed by atoms with Crippen molar-refractivity contribution in [3.8, 4) is 17.2 Å². The molecule has 156 valence electrons. The van der Waals surface area contributed by atoms with Gasteiger partial charge >= 0.3 is 0 Å². The van der Waals surface area contributed by atoms with Gasteiger partial charge in [-0.3, -0.25) is 0 Å². The molecule has 1 aliphatic heterocycles. The standard InChI is InChI=1S/C24H23Cl2NO3/c1-28-21-10-16-8-9-27-23(19-11-17(25)12-20(26)24(19)29-2)18(16)13-22(21)30-14-15-6-4-3-5-7-15/h3-7,10-13,23,27H,8-9,14H2,1-2H3. The summed E-state index contributed by atoms with van der Waals surface area (Å²) in [6.45, 7) is 1.28. The Morgan fingerprint density at radius 2 is 1.73 bits per heavy atom. The van der Waals surface area contributed by atoms with E-state index in [2.05, 4.69) is 11.4 Å². The third-order valence-electron chi connectivity index (χ3n) is 5.27. The van der Waals surface area contributed by atoms with Gasteiger partial charge < -0.3 is 19.5 Å². The van der Waals surface area contributed by atoms with E-state index in [1.165, 1.54) is 5.56 Å². The Hall–Kier alpha value is -2.40. The monoisotopic (exact) mass is 443 g/mol. The molecule has 0 saturated carbocycles. The zero-order valence-electron chi connectivity index (χ0n) is 16.9. The van der Waals surface area contributed by atoms with Gasteiger partial charge in [-0.25, -0.2) is 0 Å². The fraction of sp³-hybridized carbons (Fsp3) is 0.250. The highest BCUT2D eigenvalue weighted by molar-refractivity contribution is 6.35. The van der Waals surface area contributed by atoms with Crippen LogP contribution in [0.3, 0.4) is 0 Å². The molecule has 0 amide bonds. The number of methoxy groups -OCH3 is 2. The van der Waals surface area contributed by atoms with Crippen molar-refractivity contribution in [3.63, 3.8) is 0 Å². The van der Waals surface area contributed by atoms with Crippen LogP contribution >= 0.6 is 23.2 Å². The first-order valence-corrected chi connectivity index (χ1v) is 10.5. The molecule has 0 spiro atoms. The molecule has 1 atom stereocenters. The van der Waals surface area contributed by atoms with Gasteiger partial charge in [0.2, 0.25) is 0 Å². The molecule has 0 aromatic heterocycles. The van der Waals surface area contributed by atoms with Gasteiger partial charge in [-0.15, -0.1) is 0 Å². The first kappa shape index (κ1) is 20.9. The zero-order valence-corrected chi connectivity index (χ0v) is 18.4. The molecule has 0 fully saturated rings. The van der Waals surface area contributed by atoms with E-state index in [0.717, 1.165) is 35.4 Å². The second kappa shape index (κ2) is 9.17. The van der Waals surface area contributed by atoms with Crippen molar-refractivity contribution in [2.75, 3.05) is 20.8 Å². The molecule has 1 aliphatic rings. The number of hydrogen-bond donors (Lipinski definition) is 1. The molecule has 4 rings (SSSR count). The fourth-order valence-corrected chi connectivity index (χ4v) is 4.45. The third-order valence-corrected chi connectivity index (χ3v) is 5.77. The Balaban J connectivity index is 1.74. The molecule has 1 heterocycles. The summed E-state index contributed by atoms with van der Waals surface area (Å²) in [6.07, 6.45) is 0.887. The minimum absolute atomic E-state index is 0.120. The van der Waals surface area contributed by atoms with Crippen molar-refractivity contribution in [1.82, 2.24) is 5.32 Å². The lowest BCUT2D eigenvalue weighted by Gasteiger charge is -2.30. The van der Waals surface area contributed by atoms with Gasteiger partial charge in [-0.05, 0) is 47.4 Å². The second-order valence-electron chi connectivity index (χ2n) is 7.12. The van der Waals surface area contributed by atoms with Crippen LogP contribution in [0.25, 0.3) is 0 Å². The Bertz CT molecular complexity index is 1040. The van der Waals surface area contributed by atoms with E-state index < -0.39 is 0 Å². The Morgan fingerprint density at radius 1 is 0.933 bits per heavy atom. The van der Waals surface area contributed by atoms with Gasteiger partial charge in [0, 0.05) is 17.1 Å². The van der Waals surface area contributed by atoms with Crippen molar-refractivity contribution < 1.29 is 14.2 Å². The molecular weight excluding hydrogens is 421 g/mol. The lowest BCUT2D eigenvalue weighted by Crippen LogP contribution is -2.31. The predicted molar refractivity (Wildman–Crippen MR) is 120 cm³/mol. The highest BCUT2D eigenvalue weighted by atomic mass is 35.5. The van der Waals surface area contributed by atoms with Crippen molar-refractivity contribution in [1.29, 1.82) is 0 Å². The molecular formula is C24H23Cl2NO3. The number of hydrogen-bond acceptors (Lipinski definition) is 4. The maximum absolute atomic E-state index is 6.40. The van der Waals surface area contributed by atoms with Crippen molar-refractivity contribution in [2.24, 2.45) is 0 Å². The lowest BCUT2D eigenvalue weighted by molar-refractivity contribution is 0.283. The molecule has 0 aliphatic carbocycles. The van der Waals surface area contributed by atoms with Gasteiger partial charge in [-0.2, -0.15) is 0 Å². The van der Waals surface area contributed by atoms with Gasteiger partial charge in [0.25, 0.3) is 0 Å². The van der Waals surface area contributed by atoms with Crippen LogP contribution < -0.4 is 19.5 Å². The molecule has 30 heavy (non-hydrogen) atoms. The second-order valence-corrected chi connectivity index (χ2v) is 7.97. The van der Waals surface area contributed by atoms with Crippen LogP contribution in [0.2, 0.25) is 10.0 Å². The van der Waals surface area contributed by atoms with Gasteiger partial charge in [-0.1, -0.05) is 53.5 Å². The van der Waals surface area contributed by atoms with Crippen molar-refractivity contribution >= 4 is 23.2 Å². The molecule has 1 unspecified atom stereocenters. The highest BCUT2D eigenvalue weighted by Gasteiger charge is 2.27. The quantitative estimate of drug-likeness (QED) is 0.520. The van der Waals surface area contributed by atoms with E-state index >= 15 is 0 Å². The summed E-state index contributed by atoms with van der Waals surface area (Å²) in [5.74, 6) is 2.04. The number of halogens is 2. The number of fused-ring (bicyclic) bond motifs is 1. The van der Waals surface area contributed by atoms with E-state index in [1.807, 2.05) is 42.5 Å². The summed E-state index contributed by atoms with van der Waals surface area (Å²) >= 11 is 12.7. The Morgan fingerprint density at radius 3 is 2.47 bits per heavy atom. The Kier molecular flexibility index (Phi) is 6.38. The topological polar surface area (TPSA) is 39.7 Å². The van der Waals surface area contributed by atoms with Gasteiger partial charge in [0.05, 0.1) is 25.3 Å². The van der Waals surface area contributed by atoms with Crippen LogP contribution in [0.1, 0.15) is 28.3 Å². The van der Waals surface area contributed by atoms with E-state index in [0.29, 0.717) is 28.2 Å².